The first-order chi connectivity index (χ1) is 11.9. The average molecular weight is 368 g/mol. The van der Waals surface area contributed by atoms with Gasteiger partial charge in [-0.2, -0.15) is 4.31 Å². The van der Waals surface area contributed by atoms with Gasteiger partial charge in [-0.25, -0.2) is 8.42 Å². The van der Waals surface area contributed by atoms with Crippen LogP contribution in [0.25, 0.3) is 0 Å². The second-order valence-corrected chi connectivity index (χ2v) is 7.77. The second-order valence-electron chi connectivity index (χ2n) is 5.84. The smallest absolute Gasteiger partial charge is 0.251 e. The van der Waals surface area contributed by atoms with Crippen molar-refractivity contribution in [3.63, 3.8) is 0 Å². The number of hydrogen-bond donors (Lipinski definition) is 2. The van der Waals surface area contributed by atoms with Gasteiger partial charge in [-0.05, 0) is 31.2 Å². The van der Waals surface area contributed by atoms with Crippen LogP contribution in [0.15, 0.2) is 29.2 Å². The molecule has 0 saturated carbocycles. The lowest BCUT2D eigenvalue weighted by Gasteiger charge is -2.33. The van der Waals surface area contributed by atoms with E-state index in [1.165, 1.54) is 23.4 Å². The van der Waals surface area contributed by atoms with Gasteiger partial charge < -0.3 is 16.0 Å². The SMILES string of the molecule is CC(=O)N1CCN(S(=O)(=O)c2cccc(C(=O)NCCCN)c2)CC1. The fourth-order valence-electron chi connectivity index (χ4n) is 2.60. The molecule has 138 valence electrons. The summed E-state index contributed by atoms with van der Waals surface area (Å²) in [5.74, 6) is -0.389. The number of benzene rings is 1. The van der Waals surface area contributed by atoms with Gasteiger partial charge in [-0.3, -0.25) is 9.59 Å². The van der Waals surface area contributed by atoms with Gasteiger partial charge in [0.1, 0.15) is 0 Å². The maximum absolute atomic E-state index is 12.8. The normalized spacial score (nSPS) is 15.8. The van der Waals surface area contributed by atoms with Crippen LogP contribution in [0, 0.1) is 0 Å². The number of piperazine rings is 1. The highest BCUT2D eigenvalue weighted by Gasteiger charge is 2.29. The molecule has 2 amide bonds. The lowest BCUT2D eigenvalue weighted by Crippen LogP contribution is -2.49. The van der Waals surface area contributed by atoms with Gasteiger partial charge in [0.05, 0.1) is 4.90 Å². The van der Waals surface area contributed by atoms with E-state index < -0.39 is 10.0 Å². The van der Waals surface area contributed by atoms with Gasteiger partial charge >= 0.3 is 0 Å². The van der Waals surface area contributed by atoms with Crippen molar-refractivity contribution in [2.45, 2.75) is 18.2 Å². The largest absolute Gasteiger partial charge is 0.352 e. The summed E-state index contributed by atoms with van der Waals surface area (Å²) in [6.45, 7) is 3.61. The third kappa shape index (κ3) is 4.77. The highest BCUT2D eigenvalue weighted by atomic mass is 32.2. The van der Waals surface area contributed by atoms with Crippen molar-refractivity contribution in [2.75, 3.05) is 39.3 Å². The second kappa shape index (κ2) is 8.41. The fourth-order valence-corrected chi connectivity index (χ4v) is 4.06. The molecule has 0 atom stereocenters. The maximum atomic E-state index is 12.8. The Morgan fingerprint density at radius 1 is 1.20 bits per heavy atom. The van der Waals surface area contributed by atoms with Gasteiger partial charge in [-0.1, -0.05) is 6.07 Å². The van der Waals surface area contributed by atoms with E-state index in [4.69, 9.17) is 5.73 Å². The van der Waals surface area contributed by atoms with Gasteiger partial charge in [0.25, 0.3) is 5.91 Å². The van der Waals surface area contributed by atoms with Crippen molar-refractivity contribution in [1.82, 2.24) is 14.5 Å². The Morgan fingerprint density at radius 2 is 1.88 bits per heavy atom. The minimum atomic E-state index is -3.70. The molecule has 1 fully saturated rings. The molecule has 25 heavy (non-hydrogen) atoms. The third-order valence-electron chi connectivity index (χ3n) is 4.08. The first-order valence-corrected chi connectivity index (χ1v) is 9.64. The number of rotatable bonds is 6. The van der Waals surface area contributed by atoms with Crippen LogP contribution in [0.1, 0.15) is 23.7 Å². The summed E-state index contributed by atoms with van der Waals surface area (Å²) in [5, 5.41) is 2.70. The number of nitrogens with one attached hydrogen (secondary N) is 1. The number of nitrogens with zero attached hydrogens (tertiary/aromatic N) is 2. The summed E-state index contributed by atoms with van der Waals surface area (Å²) < 4.78 is 26.9. The summed E-state index contributed by atoms with van der Waals surface area (Å²) in [6, 6.07) is 5.98. The topological polar surface area (TPSA) is 113 Å². The molecule has 0 radical (unpaired) electrons. The molecule has 0 spiro atoms. The van der Waals surface area contributed by atoms with E-state index >= 15 is 0 Å². The monoisotopic (exact) mass is 368 g/mol. The highest BCUT2D eigenvalue weighted by Crippen LogP contribution is 2.19. The van der Waals surface area contributed by atoms with Gasteiger partial charge in [0.2, 0.25) is 15.9 Å². The van der Waals surface area contributed by atoms with Crippen molar-refractivity contribution >= 4 is 21.8 Å². The number of hydrogen-bond acceptors (Lipinski definition) is 5. The van der Waals surface area contributed by atoms with Crippen LogP contribution in [0.4, 0.5) is 0 Å². The summed E-state index contributed by atoms with van der Waals surface area (Å²) in [7, 11) is -3.70. The van der Waals surface area contributed by atoms with Gasteiger partial charge in [-0.15, -0.1) is 0 Å². The first-order valence-electron chi connectivity index (χ1n) is 8.20. The molecule has 1 aromatic rings. The van der Waals surface area contributed by atoms with E-state index in [9.17, 15) is 18.0 Å². The average Bonchev–Trinajstić information content (AvgIpc) is 2.62. The standard InChI is InChI=1S/C16H24N4O4S/c1-13(21)19-8-10-20(11-9-19)25(23,24)15-5-2-4-14(12-15)16(22)18-7-3-6-17/h2,4-5,12H,3,6-11,17H2,1H3,(H,18,22). The lowest BCUT2D eigenvalue weighted by molar-refractivity contribution is -0.129. The minimum absolute atomic E-state index is 0.0619. The molecule has 1 saturated heterocycles. The molecule has 0 bridgehead atoms. The van der Waals surface area contributed by atoms with Crippen LogP contribution < -0.4 is 11.1 Å². The fraction of sp³-hybridized carbons (Fsp3) is 0.500. The third-order valence-corrected chi connectivity index (χ3v) is 5.98. The molecule has 1 heterocycles. The molecule has 3 N–H and O–H groups in total. The number of carbonyl (C=O) groups excluding carboxylic acids is 2. The van der Waals surface area contributed by atoms with E-state index in [-0.39, 0.29) is 29.8 Å². The number of amides is 2. The van der Waals surface area contributed by atoms with Crippen molar-refractivity contribution in [3.8, 4) is 0 Å². The van der Waals surface area contributed by atoms with Crippen LogP contribution in [-0.4, -0.2) is 68.7 Å². The Bertz CT molecular complexity index is 727. The molecule has 8 nitrogen and oxygen atoms in total. The predicted octanol–water partition coefficient (Wildman–Crippen LogP) is -0.382. The first kappa shape index (κ1) is 19.4. The summed E-state index contributed by atoms with van der Waals surface area (Å²) in [4.78, 5) is 25.1. The van der Waals surface area contributed by atoms with E-state index in [0.717, 1.165) is 0 Å². The Labute approximate surface area is 148 Å². The minimum Gasteiger partial charge on any atom is -0.352 e. The Kier molecular flexibility index (Phi) is 6.51. The van der Waals surface area contributed by atoms with Gasteiger partial charge in [0, 0.05) is 45.2 Å². The molecule has 1 aliphatic rings. The molecule has 2 rings (SSSR count). The predicted molar refractivity (Wildman–Crippen MR) is 93.5 cm³/mol. The van der Waals surface area contributed by atoms with Crippen LogP contribution in [-0.2, 0) is 14.8 Å². The van der Waals surface area contributed by atoms with Crippen molar-refractivity contribution in [1.29, 1.82) is 0 Å². The highest BCUT2D eigenvalue weighted by molar-refractivity contribution is 7.89. The quantitative estimate of drug-likeness (QED) is 0.665. The van der Waals surface area contributed by atoms with Crippen molar-refractivity contribution in [3.05, 3.63) is 29.8 Å². The molecule has 1 aromatic carbocycles. The number of nitrogens with two attached hydrogens (primary N) is 1. The van der Waals surface area contributed by atoms with E-state index in [1.54, 1.807) is 17.0 Å². The number of sulfonamides is 1. The Hall–Kier alpha value is -1.97. The van der Waals surface area contributed by atoms with Crippen molar-refractivity contribution in [2.24, 2.45) is 5.73 Å². The molecule has 0 unspecified atom stereocenters. The molecular weight excluding hydrogens is 344 g/mol. The van der Waals surface area contributed by atoms with Crippen LogP contribution >= 0.6 is 0 Å². The maximum Gasteiger partial charge on any atom is 0.251 e. The van der Waals surface area contributed by atoms with E-state index in [2.05, 4.69) is 5.32 Å². The van der Waals surface area contributed by atoms with E-state index in [1.807, 2.05) is 0 Å². The summed E-state index contributed by atoms with van der Waals surface area (Å²) in [6.07, 6.45) is 0.657. The molecular formula is C16H24N4O4S. The zero-order valence-corrected chi connectivity index (χ0v) is 15.1. The van der Waals surface area contributed by atoms with Crippen molar-refractivity contribution < 1.29 is 18.0 Å². The lowest BCUT2D eigenvalue weighted by atomic mass is 10.2. The van der Waals surface area contributed by atoms with Crippen LogP contribution in [0.2, 0.25) is 0 Å². The number of carbonyl (C=O) groups is 2. The van der Waals surface area contributed by atoms with Gasteiger partial charge in [0.15, 0.2) is 0 Å². The zero-order valence-electron chi connectivity index (χ0n) is 14.3. The van der Waals surface area contributed by atoms with Crippen LogP contribution in [0.5, 0.6) is 0 Å². The molecule has 0 aliphatic carbocycles. The molecule has 1 aliphatic heterocycles. The Balaban J connectivity index is 2.11. The zero-order chi connectivity index (χ0) is 18.4. The summed E-state index contributed by atoms with van der Waals surface area (Å²) >= 11 is 0. The molecule has 0 aromatic heterocycles. The van der Waals surface area contributed by atoms with E-state index in [0.29, 0.717) is 38.2 Å². The molecule has 9 heteroatoms. The summed E-state index contributed by atoms with van der Waals surface area (Å²) in [5.41, 5.74) is 5.68. The van der Waals surface area contributed by atoms with Crippen LogP contribution in [0.3, 0.4) is 0 Å². The Morgan fingerprint density at radius 3 is 2.48 bits per heavy atom.